The van der Waals surface area contributed by atoms with Gasteiger partial charge in [-0.1, -0.05) is 0 Å². The molecule has 28 heavy (non-hydrogen) atoms. The van der Waals surface area contributed by atoms with Gasteiger partial charge < -0.3 is 19.8 Å². The van der Waals surface area contributed by atoms with Gasteiger partial charge >= 0.3 is 11.7 Å². The highest BCUT2D eigenvalue weighted by Crippen LogP contribution is 2.27. The van der Waals surface area contributed by atoms with Crippen molar-refractivity contribution in [3.8, 4) is 0 Å². The van der Waals surface area contributed by atoms with Crippen LogP contribution in [0.3, 0.4) is 0 Å². The van der Waals surface area contributed by atoms with Crippen molar-refractivity contribution in [2.75, 3.05) is 6.61 Å². The minimum absolute atomic E-state index is 0.0154. The number of aromatic nitrogens is 2. The molecule has 1 unspecified atom stereocenters. The largest absolute Gasteiger partial charge is 0.394 e. The van der Waals surface area contributed by atoms with Crippen LogP contribution in [0, 0.1) is 0 Å². The Hall–Kier alpha value is -3.09. The Morgan fingerprint density at radius 3 is 2.57 bits per heavy atom. The smallest absolute Gasteiger partial charge is 0.356 e. The molecular formula is C16H17N3O9. The summed E-state index contributed by atoms with van der Waals surface area (Å²) in [5.74, 6) is -2.35. The number of aliphatic hydroxyl groups excluding tert-OH is 2. The molecule has 150 valence electrons. The van der Waals surface area contributed by atoms with E-state index >= 15 is 0 Å². The van der Waals surface area contributed by atoms with Crippen LogP contribution in [0.4, 0.5) is 0 Å². The predicted octanol–water partition coefficient (Wildman–Crippen LogP) is -2.20. The first-order chi connectivity index (χ1) is 13.3. The Morgan fingerprint density at radius 1 is 1.29 bits per heavy atom. The number of carbonyl (C=O) groups excluding carboxylic acids is 3. The molecule has 3 atom stereocenters. The highest BCUT2D eigenvalue weighted by Gasteiger charge is 2.35. The number of H-pyrrole nitrogens is 1. The van der Waals surface area contributed by atoms with Crippen LogP contribution >= 0.6 is 0 Å². The molecule has 0 aromatic carbocycles. The molecule has 1 aromatic rings. The Morgan fingerprint density at radius 2 is 1.96 bits per heavy atom. The second-order valence-corrected chi connectivity index (χ2v) is 6.19. The molecule has 2 aliphatic rings. The number of aromatic amines is 1. The molecule has 0 saturated carbocycles. The van der Waals surface area contributed by atoms with Crippen molar-refractivity contribution in [1.29, 1.82) is 0 Å². The van der Waals surface area contributed by atoms with E-state index < -0.39 is 54.1 Å². The van der Waals surface area contributed by atoms with Crippen molar-refractivity contribution < 1.29 is 34.2 Å². The van der Waals surface area contributed by atoms with Gasteiger partial charge in [0, 0.05) is 31.5 Å². The summed E-state index contributed by atoms with van der Waals surface area (Å²) in [6.07, 6.45) is 0.110. The van der Waals surface area contributed by atoms with E-state index in [1.807, 2.05) is 4.98 Å². The molecule has 0 aliphatic carbocycles. The van der Waals surface area contributed by atoms with Gasteiger partial charge in [0.25, 0.3) is 17.4 Å². The molecule has 12 nitrogen and oxygen atoms in total. The van der Waals surface area contributed by atoms with Crippen LogP contribution < -0.4 is 11.2 Å². The van der Waals surface area contributed by atoms with Gasteiger partial charge in [-0.2, -0.15) is 0 Å². The van der Waals surface area contributed by atoms with Gasteiger partial charge in [0.15, 0.2) is 0 Å². The number of rotatable bonds is 5. The number of hydrogen-bond donors (Lipinski definition) is 3. The first-order valence-corrected chi connectivity index (χ1v) is 8.35. The maximum absolute atomic E-state index is 12.0. The molecule has 2 fully saturated rings. The van der Waals surface area contributed by atoms with Gasteiger partial charge in [-0.15, -0.1) is 5.06 Å². The fourth-order valence-electron chi connectivity index (χ4n) is 2.82. The molecule has 12 heteroatoms. The van der Waals surface area contributed by atoms with Crippen molar-refractivity contribution in [1.82, 2.24) is 14.6 Å². The van der Waals surface area contributed by atoms with Crippen molar-refractivity contribution in [3.05, 3.63) is 38.7 Å². The fourth-order valence-corrected chi connectivity index (χ4v) is 2.82. The molecule has 3 rings (SSSR count). The van der Waals surface area contributed by atoms with Crippen LogP contribution in [-0.2, 0) is 24.0 Å². The van der Waals surface area contributed by atoms with Gasteiger partial charge in [0.05, 0.1) is 18.3 Å². The number of nitrogens with one attached hydrogen (secondary N) is 1. The standard InChI is InChI=1S/C16H17N3O9/c20-7-10-9(21)5-13(27-10)18-6-8(15(25)17-16(18)26)1-4-14(24)28-19-11(22)2-3-12(19)23/h1,4,6,9-10,13,20-21H,2-3,5,7H2,(H,17,25,26)/b4-1+/t9?,10-,13-/m1/s1. The SMILES string of the molecule is O=C(/C=C/c1cn([C@H]2CC(O)[C@@H](CO)O2)c(=O)[nH]c1=O)ON1C(=O)CCC1=O. The second-order valence-electron chi connectivity index (χ2n) is 6.19. The maximum Gasteiger partial charge on any atom is 0.356 e. The van der Waals surface area contributed by atoms with Crippen molar-refractivity contribution in [3.63, 3.8) is 0 Å². The number of aliphatic hydroxyl groups is 2. The Bertz CT molecular complexity index is 931. The summed E-state index contributed by atoms with van der Waals surface area (Å²) in [4.78, 5) is 65.2. The predicted molar refractivity (Wildman–Crippen MR) is 89.2 cm³/mol. The van der Waals surface area contributed by atoms with E-state index in [-0.39, 0.29) is 24.8 Å². The summed E-state index contributed by atoms with van der Waals surface area (Å²) in [5, 5.41) is 19.3. The summed E-state index contributed by atoms with van der Waals surface area (Å²) in [6.45, 7) is -0.442. The van der Waals surface area contributed by atoms with E-state index in [0.29, 0.717) is 5.06 Å². The quantitative estimate of drug-likeness (QED) is 0.370. The molecule has 0 radical (unpaired) electrons. The molecule has 2 saturated heterocycles. The molecule has 3 heterocycles. The van der Waals surface area contributed by atoms with Gasteiger partial charge in [0.2, 0.25) is 0 Å². The molecule has 1 aromatic heterocycles. The van der Waals surface area contributed by atoms with Crippen LogP contribution in [0.1, 0.15) is 31.1 Å². The normalized spacial score (nSPS) is 25.1. The van der Waals surface area contributed by atoms with Crippen molar-refractivity contribution in [2.45, 2.75) is 37.7 Å². The topological polar surface area (TPSA) is 168 Å². The van der Waals surface area contributed by atoms with Crippen LogP contribution in [0.25, 0.3) is 6.08 Å². The summed E-state index contributed by atoms with van der Waals surface area (Å²) in [6, 6.07) is 0. The summed E-state index contributed by atoms with van der Waals surface area (Å²) < 4.78 is 6.38. The van der Waals surface area contributed by atoms with E-state index in [0.717, 1.165) is 22.9 Å². The zero-order valence-corrected chi connectivity index (χ0v) is 14.4. The van der Waals surface area contributed by atoms with Crippen molar-refractivity contribution >= 4 is 23.9 Å². The number of hydrogen-bond acceptors (Lipinski definition) is 9. The lowest BCUT2D eigenvalue weighted by Crippen LogP contribution is -2.33. The molecule has 2 amide bonds. The Labute approximate surface area is 156 Å². The Balaban J connectivity index is 1.77. The number of imide groups is 1. The lowest BCUT2D eigenvalue weighted by atomic mass is 10.2. The fraction of sp³-hybridized carbons (Fsp3) is 0.438. The number of ether oxygens (including phenoxy) is 1. The molecule has 0 bridgehead atoms. The minimum Gasteiger partial charge on any atom is -0.394 e. The van der Waals surface area contributed by atoms with Crippen LogP contribution in [0.5, 0.6) is 0 Å². The zero-order valence-electron chi connectivity index (χ0n) is 14.4. The van der Waals surface area contributed by atoms with Gasteiger partial charge in [-0.05, 0) is 6.08 Å². The van der Waals surface area contributed by atoms with E-state index in [4.69, 9.17) is 9.84 Å². The zero-order chi connectivity index (χ0) is 20.4. The average molecular weight is 395 g/mol. The number of carbonyl (C=O) groups is 3. The molecule has 0 spiro atoms. The van der Waals surface area contributed by atoms with Gasteiger partial charge in [0.1, 0.15) is 12.3 Å². The third-order valence-corrected chi connectivity index (χ3v) is 4.28. The number of hydroxylamine groups is 2. The van der Waals surface area contributed by atoms with Crippen LogP contribution in [0.15, 0.2) is 21.9 Å². The van der Waals surface area contributed by atoms with E-state index in [9.17, 15) is 29.1 Å². The summed E-state index contributed by atoms with van der Waals surface area (Å²) in [5.41, 5.74) is -1.70. The highest BCUT2D eigenvalue weighted by molar-refractivity contribution is 6.02. The van der Waals surface area contributed by atoms with Crippen LogP contribution in [-0.4, -0.2) is 61.4 Å². The molecule has 3 N–H and O–H groups in total. The van der Waals surface area contributed by atoms with E-state index in [1.54, 1.807) is 0 Å². The van der Waals surface area contributed by atoms with Gasteiger partial charge in [-0.25, -0.2) is 9.59 Å². The third kappa shape index (κ3) is 3.93. The minimum atomic E-state index is -1.06. The number of amides is 2. The van der Waals surface area contributed by atoms with E-state index in [1.165, 1.54) is 0 Å². The summed E-state index contributed by atoms with van der Waals surface area (Å²) in [7, 11) is 0. The van der Waals surface area contributed by atoms with Gasteiger partial charge in [-0.3, -0.25) is 23.9 Å². The van der Waals surface area contributed by atoms with Crippen LogP contribution in [0.2, 0.25) is 0 Å². The molecular weight excluding hydrogens is 378 g/mol. The first-order valence-electron chi connectivity index (χ1n) is 8.35. The lowest BCUT2D eigenvalue weighted by molar-refractivity contribution is -0.193. The molecule has 2 aliphatic heterocycles. The average Bonchev–Trinajstić information content (AvgIpc) is 3.17. The summed E-state index contributed by atoms with van der Waals surface area (Å²) >= 11 is 0. The lowest BCUT2D eigenvalue weighted by Gasteiger charge is -2.14. The maximum atomic E-state index is 12.0. The highest BCUT2D eigenvalue weighted by atomic mass is 16.7. The second kappa shape index (κ2) is 7.88. The van der Waals surface area contributed by atoms with E-state index in [2.05, 4.69) is 4.84 Å². The first kappa shape index (κ1) is 19.7. The number of nitrogens with zero attached hydrogens (tertiary/aromatic N) is 2. The van der Waals surface area contributed by atoms with Crippen molar-refractivity contribution in [2.24, 2.45) is 0 Å². The monoisotopic (exact) mass is 395 g/mol. The Kier molecular flexibility index (Phi) is 5.53. The third-order valence-electron chi connectivity index (χ3n) is 4.28.